The number of rotatable bonds is 12. The molecule has 0 heterocycles. The molecule has 0 unspecified atom stereocenters. The fourth-order valence-corrected chi connectivity index (χ4v) is 2.94. The van der Waals surface area contributed by atoms with Crippen LogP contribution in [0.25, 0.3) is 0 Å². The first-order valence-electron chi connectivity index (χ1n) is 10.7. The second-order valence-corrected chi connectivity index (χ2v) is 8.78. The van der Waals surface area contributed by atoms with Crippen LogP contribution in [0.2, 0.25) is 0 Å². The number of ether oxygens (including phenoxy) is 1. The average molecular weight is 423 g/mol. The predicted octanol–water partition coefficient (Wildman–Crippen LogP) is 3.78. The highest BCUT2D eigenvalue weighted by atomic mass is 16.6. The van der Waals surface area contributed by atoms with Crippen LogP contribution in [0.3, 0.4) is 0 Å². The van der Waals surface area contributed by atoms with Crippen molar-refractivity contribution in [1.82, 2.24) is 5.32 Å². The molecule has 30 heavy (non-hydrogen) atoms. The van der Waals surface area contributed by atoms with Gasteiger partial charge in [-0.2, -0.15) is 0 Å². The molecule has 0 saturated heterocycles. The average Bonchev–Trinajstić information content (AvgIpc) is 2.68. The van der Waals surface area contributed by atoms with Gasteiger partial charge in [-0.25, -0.2) is 4.79 Å². The van der Waals surface area contributed by atoms with E-state index < -0.39 is 30.4 Å². The number of anilines is 1. The second-order valence-electron chi connectivity index (χ2n) is 8.78. The molecule has 170 valence electrons. The van der Waals surface area contributed by atoms with Crippen LogP contribution in [0.5, 0.6) is 0 Å². The Hall–Kier alpha value is -2.12. The second kappa shape index (κ2) is 12.5. The van der Waals surface area contributed by atoms with Gasteiger partial charge in [0.25, 0.3) is 0 Å². The van der Waals surface area contributed by atoms with Crippen molar-refractivity contribution in [2.75, 3.05) is 18.5 Å². The maximum Gasteiger partial charge on any atom is 0.408 e. The Labute approximate surface area is 180 Å². The van der Waals surface area contributed by atoms with Crippen LogP contribution in [0.4, 0.5) is 10.5 Å². The van der Waals surface area contributed by atoms with E-state index in [1.54, 1.807) is 20.8 Å². The molecule has 0 aromatic heterocycles. The third-order valence-electron chi connectivity index (χ3n) is 4.76. The van der Waals surface area contributed by atoms with E-state index in [-0.39, 0.29) is 5.91 Å². The molecule has 0 saturated carbocycles. The number of amides is 2. The summed E-state index contributed by atoms with van der Waals surface area (Å²) in [4.78, 5) is 24.0. The summed E-state index contributed by atoms with van der Waals surface area (Å²) in [6.45, 7) is 6.57. The van der Waals surface area contributed by atoms with Gasteiger partial charge < -0.3 is 25.6 Å². The zero-order chi connectivity index (χ0) is 22.6. The SMILES string of the molecule is CCCCCCC(=O)Nc1ccc(CCC(CO)(CO)NC(=O)OC(C)(C)C)cc1. The summed E-state index contributed by atoms with van der Waals surface area (Å²) >= 11 is 0. The van der Waals surface area contributed by atoms with Gasteiger partial charge in [0.05, 0.1) is 18.8 Å². The van der Waals surface area contributed by atoms with E-state index in [9.17, 15) is 19.8 Å². The Balaban J connectivity index is 2.58. The lowest BCUT2D eigenvalue weighted by molar-refractivity contribution is -0.116. The summed E-state index contributed by atoms with van der Waals surface area (Å²) < 4.78 is 5.23. The molecule has 2 amide bonds. The van der Waals surface area contributed by atoms with Gasteiger partial charge in [-0.05, 0) is 57.7 Å². The Kier molecular flexibility index (Phi) is 10.8. The van der Waals surface area contributed by atoms with Crippen LogP contribution >= 0.6 is 0 Å². The molecule has 0 aliphatic carbocycles. The Bertz CT molecular complexity index is 649. The molecule has 1 rings (SSSR count). The van der Waals surface area contributed by atoms with Gasteiger partial charge >= 0.3 is 6.09 Å². The van der Waals surface area contributed by atoms with Crippen LogP contribution in [-0.2, 0) is 16.0 Å². The standard InChI is InChI=1S/C23H38N2O5/c1-5-6-7-8-9-20(28)24-19-12-10-18(11-13-19)14-15-23(16-26,17-27)25-21(29)30-22(2,3)4/h10-13,26-27H,5-9,14-17H2,1-4H3,(H,24,28)(H,25,29). The lowest BCUT2D eigenvalue weighted by Gasteiger charge is -2.32. The fraction of sp³-hybridized carbons (Fsp3) is 0.652. The molecule has 0 aliphatic heterocycles. The Morgan fingerprint density at radius 3 is 2.17 bits per heavy atom. The lowest BCUT2D eigenvalue weighted by Crippen LogP contribution is -2.55. The van der Waals surface area contributed by atoms with E-state index in [1.165, 1.54) is 0 Å². The molecule has 7 nitrogen and oxygen atoms in total. The molecule has 1 aromatic rings. The predicted molar refractivity (Wildman–Crippen MR) is 118 cm³/mol. The van der Waals surface area contributed by atoms with E-state index in [2.05, 4.69) is 17.6 Å². The van der Waals surface area contributed by atoms with Gasteiger partial charge in [0.2, 0.25) is 5.91 Å². The maximum absolute atomic E-state index is 12.1. The van der Waals surface area contributed by atoms with Crippen LogP contribution in [-0.4, -0.2) is 46.6 Å². The maximum atomic E-state index is 12.1. The first-order valence-corrected chi connectivity index (χ1v) is 10.7. The largest absolute Gasteiger partial charge is 0.444 e. The Morgan fingerprint density at radius 1 is 1.00 bits per heavy atom. The van der Waals surface area contributed by atoms with E-state index in [1.807, 2.05) is 24.3 Å². The first-order chi connectivity index (χ1) is 14.1. The van der Waals surface area contributed by atoms with E-state index in [0.29, 0.717) is 19.3 Å². The number of benzene rings is 1. The third-order valence-corrected chi connectivity index (χ3v) is 4.76. The molecule has 0 fully saturated rings. The van der Waals surface area contributed by atoms with E-state index >= 15 is 0 Å². The van der Waals surface area contributed by atoms with Gasteiger partial charge in [-0.3, -0.25) is 4.79 Å². The quantitative estimate of drug-likeness (QED) is 0.384. The number of hydrogen-bond acceptors (Lipinski definition) is 5. The zero-order valence-corrected chi connectivity index (χ0v) is 18.8. The molecule has 0 radical (unpaired) electrons. The molecule has 4 N–H and O–H groups in total. The summed E-state index contributed by atoms with van der Waals surface area (Å²) in [6.07, 6.45) is 4.96. The number of unbranched alkanes of at least 4 members (excludes halogenated alkanes) is 3. The van der Waals surface area contributed by atoms with Crippen molar-refractivity contribution < 1.29 is 24.5 Å². The van der Waals surface area contributed by atoms with Crippen LogP contribution in [0, 0.1) is 0 Å². The number of carbonyl (C=O) groups is 2. The summed E-state index contributed by atoms with van der Waals surface area (Å²) in [5.74, 6) is 0.0139. The highest BCUT2D eigenvalue weighted by molar-refractivity contribution is 5.90. The summed E-state index contributed by atoms with van der Waals surface area (Å²) in [5.41, 5.74) is -0.139. The van der Waals surface area contributed by atoms with Crippen molar-refractivity contribution >= 4 is 17.7 Å². The van der Waals surface area contributed by atoms with Gasteiger partial charge in [0.15, 0.2) is 0 Å². The van der Waals surface area contributed by atoms with Crippen molar-refractivity contribution in [1.29, 1.82) is 0 Å². The lowest BCUT2D eigenvalue weighted by atomic mass is 9.92. The van der Waals surface area contributed by atoms with Crippen LogP contribution < -0.4 is 10.6 Å². The number of aliphatic hydroxyl groups excluding tert-OH is 2. The van der Waals surface area contributed by atoms with Crippen LogP contribution in [0.15, 0.2) is 24.3 Å². The zero-order valence-electron chi connectivity index (χ0n) is 18.8. The molecule has 0 atom stereocenters. The minimum Gasteiger partial charge on any atom is -0.444 e. The number of hydrogen-bond donors (Lipinski definition) is 4. The first kappa shape index (κ1) is 25.9. The van der Waals surface area contributed by atoms with Crippen molar-refractivity contribution in [2.45, 2.75) is 83.8 Å². The molecule has 7 heteroatoms. The monoisotopic (exact) mass is 422 g/mol. The number of nitrogens with one attached hydrogen (secondary N) is 2. The van der Waals surface area contributed by atoms with E-state index in [4.69, 9.17) is 4.74 Å². The van der Waals surface area contributed by atoms with Gasteiger partial charge in [0, 0.05) is 12.1 Å². The summed E-state index contributed by atoms with van der Waals surface area (Å²) in [7, 11) is 0. The molecular weight excluding hydrogens is 384 g/mol. The number of carbonyl (C=O) groups excluding carboxylic acids is 2. The smallest absolute Gasteiger partial charge is 0.408 e. The van der Waals surface area contributed by atoms with E-state index in [0.717, 1.165) is 36.9 Å². The minimum atomic E-state index is -1.17. The summed E-state index contributed by atoms with van der Waals surface area (Å²) in [6, 6.07) is 7.44. The number of alkyl carbamates (subject to hydrolysis) is 1. The highest BCUT2D eigenvalue weighted by Gasteiger charge is 2.32. The molecule has 0 aliphatic rings. The Morgan fingerprint density at radius 2 is 1.63 bits per heavy atom. The molecule has 0 spiro atoms. The fourth-order valence-electron chi connectivity index (χ4n) is 2.94. The molecule has 0 bridgehead atoms. The van der Waals surface area contributed by atoms with Gasteiger partial charge in [0.1, 0.15) is 5.60 Å². The molecule has 1 aromatic carbocycles. The third kappa shape index (κ3) is 10.1. The van der Waals surface area contributed by atoms with Crippen molar-refractivity contribution in [3.05, 3.63) is 29.8 Å². The summed E-state index contributed by atoms with van der Waals surface area (Å²) in [5, 5.41) is 25.0. The van der Waals surface area contributed by atoms with Crippen molar-refractivity contribution in [2.24, 2.45) is 0 Å². The number of aryl methyl sites for hydroxylation is 1. The van der Waals surface area contributed by atoms with Crippen molar-refractivity contribution in [3.8, 4) is 0 Å². The number of aliphatic hydroxyl groups is 2. The van der Waals surface area contributed by atoms with Crippen molar-refractivity contribution in [3.63, 3.8) is 0 Å². The minimum absolute atomic E-state index is 0.0139. The topological polar surface area (TPSA) is 108 Å². The van der Waals surface area contributed by atoms with Gasteiger partial charge in [-0.1, -0.05) is 38.3 Å². The van der Waals surface area contributed by atoms with Gasteiger partial charge in [-0.15, -0.1) is 0 Å². The van der Waals surface area contributed by atoms with Crippen LogP contribution in [0.1, 0.15) is 71.8 Å². The highest BCUT2D eigenvalue weighted by Crippen LogP contribution is 2.18. The molecular formula is C23H38N2O5. The normalized spacial score (nSPS) is 11.8.